The number of amides is 1. The minimum atomic E-state index is 0.0496. The molecule has 7 nitrogen and oxygen atoms in total. The number of piperazine rings is 1. The zero-order valence-electron chi connectivity index (χ0n) is 11.4. The Labute approximate surface area is 118 Å². The van der Waals surface area contributed by atoms with Crippen LogP contribution in [0, 0.1) is 5.92 Å². The molecule has 0 aliphatic carbocycles. The largest absolute Gasteiger partial charge is 0.338 e. The summed E-state index contributed by atoms with van der Waals surface area (Å²) in [6.45, 7) is 5.41. The second kappa shape index (κ2) is 6.15. The van der Waals surface area contributed by atoms with E-state index < -0.39 is 0 Å². The molecule has 2 aliphatic rings. The summed E-state index contributed by atoms with van der Waals surface area (Å²) in [5.41, 5.74) is 0.667. The molecule has 0 saturated carbocycles. The van der Waals surface area contributed by atoms with Crippen LogP contribution in [0.1, 0.15) is 6.42 Å². The van der Waals surface area contributed by atoms with Crippen molar-refractivity contribution < 1.29 is 4.79 Å². The third kappa shape index (κ3) is 3.05. The van der Waals surface area contributed by atoms with Crippen molar-refractivity contribution >= 4 is 17.5 Å². The van der Waals surface area contributed by atoms with Crippen LogP contribution in [-0.2, 0) is 4.79 Å². The summed E-state index contributed by atoms with van der Waals surface area (Å²) in [7, 11) is 0. The standard InChI is InChI=1S/C13H20N6O/c20-12(10-1-2-15-7-10)18-11-8-16-13(17-9-11)19-5-3-14-4-6-19/h8-10,14-15H,1-7H2,(H,18,20). The molecule has 1 unspecified atom stereocenters. The van der Waals surface area contributed by atoms with E-state index >= 15 is 0 Å². The maximum absolute atomic E-state index is 12.0. The summed E-state index contributed by atoms with van der Waals surface area (Å²) >= 11 is 0. The zero-order valence-corrected chi connectivity index (χ0v) is 11.4. The molecule has 20 heavy (non-hydrogen) atoms. The van der Waals surface area contributed by atoms with Crippen molar-refractivity contribution in [2.75, 3.05) is 49.5 Å². The second-order valence-electron chi connectivity index (χ2n) is 5.19. The quantitative estimate of drug-likeness (QED) is 0.686. The molecule has 1 aromatic heterocycles. The highest BCUT2D eigenvalue weighted by Gasteiger charge is 2.22. The molecular weight excluding hydrogens is 256 g/mol. The maximum atomic E-state index is 12.0. The van der Waals surface area contributed by atoms with Crippen molar-refractivity contribution in [3.05, 3.63) is 12.4 Å². The van der Waals surface area contributed by atoms with Crippen LogP contribution in [-0.4, -0.2) is 55.1 Å². The van der Waals surface area contributed by atoms with Crippen molar-refractivity contribution in [2.24, 2.45) is 5.92 Å². The van der Waals surface area contributed by atoms with Crippen LogP contribution in [0.25, 0.3) is 0 Å². The second-order valence-corrected chi connectivity index (χ2v) is 5.19. The van der Waals surface area contributed by atoms with E-state index in [0.717, 1.165) is 51.6 Å². The van der Waals surface area contributed by atoms with E-state index in [1.54, 1.807) is 12.4 Å². The Morgan fingerprint density at radius 2 is 1.95 bits per heavy atom. The van der Waals surface area contributed by atoms with Gasteiger partial charge in [-0.25, -0.2) is 9.97 Å². The molecule has 0 aromatic carbocycles. The number of nitrogens with one attached hydrogen (secondary N) is 3. The van der Waals surface area contributed by atoms with Crippen LogP contribution < -0.4 is 20.9 Å². The van der Waals surface area contributed by atoms with E-state index in [4.69, 9.17) is 0 Å². The molecule has 1 aromatic rings. The van der Waals surface area contributed by atoms with Gasteiger partial charge in [-0.05, 0) is 13.0 Å². The Kier molecular flexibility index (Phi) is 4.08. The Balaban J connectivity index is 1.59. The van der Waals surface area contributed by atoms with Gasteiger partial charge in [0.25, 0.3) is 0 Å². The first-order chi connectivity index (χ1) is 9.83. The molecule has 3 rings (SSSR count). The van der Waals surface area contributed by atoms with Crippen LogP contribution in [0.15, 0.2) is 12.4 Å². The first kappa shape index (κ1) is 13.3. The van der Waals surface area contributed by atoms with Gasteiger partial charge in [-0.15, -0.1) is 0 Å². The Hall–Kier alpha value is -1.73. The lowest BCUT2D eigenvalue weighted by Gasteiger charge is -2.27. The molecular formula is C13H20N6O. The highest BCUT2D eigenvalue weighted by Crippen LogP contribution is 2.14. The van der Waals surface area contributed by atoms with E-state index in [2.05, 4.69) is 30.8 Å². The third-order valence-electron chi connectivity index (χ3n) is 3.74. The van der Waals surface area contributed by atoms with Crippen molar-refractivity contribution in [3.8, 4) is 0 Å². The van der Waals surface area contributed by atoms with Crippen LogP contribution in [0.4, 0.5) is 11.6 Å². The zero-order chi connectivity index (χ0) is 13.8. The summed E-state index contributed by atoms with van der Waals surface area (Å²) in [4.78, 5) is 22.8. The molecule has 1 atom stereocenters. The van der Waals surface area contributed by atoms with Crippen molar-refractivity contribution in [1.82, 2.24) is 20.6 Å². The average molecular weight is 276 g/mol. The molecule has 2 fully saturated rings. The molecule has 1 amide bonds. The SMILES string of the molecule is O=C(Nc1cnc(N2CCNCC2)nc1)C1CCNC1. The van der Waals surface area contributed by atoms with Gasteiger partial charge in [-0.2, -0.15) is 0 Å². The van der Waals surface area contributed by atoms with E-state index in [9.17, 15) is 4.79 Å². The van der Waals surface area contributed by atoms with E-state index in [0.29, 0.717) is 5.69 Å². The Morgan fingerprint density at radius 1 is 1.20 bits per heavy atom. The first-order valence-electron chi connectivity index (χ1n) is 7.12. The van der Waals surface area contributed by atoms with Gasteiger partial charge in [-0.3, -0.25) is 4.79 Å². The fourth-order valence-electron chi connectivity index (χ4n) is 2.54. The fraction of sp³-hybridized carbons (Fsp3) is 0.615. The summed E-state index contributed by atoms with van der Waals surface area (Å²) in [6, 6.07) is 0. The molecule has 0 radical (unpaired) electrons. The molecule has 0 bridgehead atoms. The monoisotopic (exact) mass is 276 g/mol. The summed E-state index contributed by atoms with van der Waals surface area (Å²) in [5.74, 6) is 0.836. The van der Waals surface area contributed by atoms with Crippen LogP contribution in [0.2, 0.25) is 0 Å². The molecule has 7 heteroatoms. The number of hydrogen-bond acceptors (Lipinski definition) is 6. The Morgan fingerprint density at radius 3 is 2.60 bits per heavy atom. The predicted molar refractivity (Wildman–Crippen MR) is 76.7 cm³/mol. The number of aromatic nitrogens is 2. The molecule has 2 saturated heterocycles. The van der Waals surface area contributed by atoms with Gasteiger partial charge in [0, 0.05) is 32.7 Å². The normalized spacial score (nSPS) is 22.8. The maximum Gasteiger partial charge on any atom is 0.228 e. The van der Waals surface area contributed by atoms with E-state index in [1.165, 1.54) is 0 Å². The van der Waals surface area contributed by atoms with Crippen molar-refractivity contribution in [1.29, 1.82) is 0 Å². The topological polar surface area (TPSA) is 82.2 Å². The number of carbonyl (C=O) groups excluding carboxylic acids is 1. The third-order valence-corrected chi connectivity index (χ3v) is 3.74. The van der Waals surface area contributed by atoms with Crippen LogP contribution in [0.3, 0.4) is 0 Å². The van der Waals surface area contributed by atoms with Gasteiger partial charge >= 0.3 is 0 Å². The predicted octanol–water partition coefficient (Wildman–Crippen LogP) is -0.566. The van der Waals surface area contributed by atoms with Gasteiger partial charge in [0.1, 0.15) is 0 Å². The molecule has 0 spiro atoms. The van der Waals surface area contributed by atoms with Gasteiger partial charge in [0.2, 0.25) is 11.9 Å². The smallest absolute Gasteiger partial charge is 0.228 e. The van der Waals surface area contributed by atoms with Crippen LogP contribution >= 0.6 is 0 Å². The lowest BCUT2D eigenvalue weighted by Crippen LogP contribution is -2.44. The number of anilines is 2. The number of nitrogens with zero attached hydrogens (tertiary/aromatic N) is 3. The summed E-state index contributed by atoms with van der Waals surface area (Å²) in [6.07, 6.45) is 4.26. The van der Waals surface area contributed by atoms with Gasteiger partial charge in [0.05, 0.1) is 24.0 Å². The lowest BCUT2D eigenvalue weighted by molar-refractivity contribution is -0.119. The van der Waals surface area contributed by atoms with Gasteiger partial charge in [0.15, 0.2) is 0 Å². The van der Waals surface area contributed by atoms with E-state index in [1.807, 2.05) is 0 Å². The fourth-order valence-corrected chi connectivity index (χ4v) is 2.54. The molecule has 3 N–H and O–H groups in total. The molecule has 108 valence electrons. The summed E-state index contributed by atoms with van der Waals surface area (Å²) in [5, 5.41) is 9.36. The van der Waals surface area contributed by atoms with Gasteiger partial charge in [-0.1, -0.05) is 0 Å². The number of hydrogen-bond donors (Lipinski definition) is 3. The van der Waals surface area contributed by atoms with Crippen molar-refractivity contribution in [2.45, 2.75) is 6.42 Å². The van der Waals surface area contributed by atoms with Crippen molar-refractivity contribution in [3.63, 3.8) is 0 Å². The lowest BCUT2D eigenvalue weighted by atomic mass is 10.1. The molecule has 3 heterocycles. The molecule has 2 aliphatic heterocycles. The summed E-state index contributed by atoms with van der Waals surface area (Å²) < 4.78 is 0. The minimum Gasteiger partial charge on any atom is -0.338 e. The van der Waals surface area contributed by atoms with E-state index in [-0.39, 0.29) is 11.8 Å². The Bertz CT molecular complexity index is 450. The average Bonchev–Trinajstić information content (AvgIpc) is 3.03. The first-order valence-corrected chi connectivity index (χ1v) is 7.12. The highest BCUT2D eigenvalue weighted by molar-refractivity contribution is 5.92. The minimum absolute atomic E-state index is 0.0496. The van der Waals surface area contributed by atoms with Gasteiger partial charge < -0.3 is 20.9 Å². The highest BCUT2D eigenvalue weighted by atomic mass is 16.1. The number of carbonyl (C=O) groups is 1. The van der Waals surface area contributed by atoms with Crippen LogP contribution in [0.5, 0.6) is 0 Å². The number of rotatable bonds is 3.